The van der Waals surface area contributed by atoms with Crippen molar-refractivity contribution in [2.75, 3.05) is 19.6 Å². The Labute approximate surface area is 179 Å². The largest absolute Gasteiger partial charge is 0.299 e. The monoisotopic (exact) mass is 430 g/mol. The Morgan fingerprint density at radius 1 is 0.862 bits per heavy atom. The van der Waals surface area contributed by atoms with Crippen molar-refractivity contribution < 1.29 is 8.42 Å². The number of benzene rings is 3. The summed E-state index contributed by atoms with van der Waals surface area (Å²) in [6.45, 7) is 3.55. The van der Waals surface area contributed by atoms with Gasteiger partial charge in [0.05, 0.1) is 4.90 Å². The first-order valence-corrected chi connectivity index (χ1v) is 11.4. The van der Waals surface area contributed by atoms with Crippen LogP contribution in [0, 0.1) is 0 Å². The standard InChI is InChI=1S/C23H26N2O2S.ClH/c26-28(27,23-13-7-11-20-9-3-4-12-22(20)23)24-15-5-6-16-25-17-14-19-8-1-2-10-21(19)18-25;/h1-4,7-13,24H,5-6,14-18H2;1H. The van der Waals surface area contributed by atoms with Crippen LogP contribution in [0.3, 0.4) is 0 Å². The van der Waals surface area contributed by atoms with E-state index in [0.717, 1.165) is 49.7 Å². The summed E-state index contributed by atoms with van der Waals surface area (Å²) >= 11 is 0. The molecule has 3 aromatic rings. The van der Waals surface area contributed by atoms with Gasteiger partial charge in [0.15, 0.2) is 0 Å². The molecule has 0 saturated heterocycles. The molecule has 1 heterocycles. The predicted octanol–water partition coefficient (Wildman–Crippen LogP) is 4.38. The quantitative estimate of drug-likeness (QED) is 0.566. The molecule has 0 saturated carbocycles. The van der Waals surface area contributed by atoms with Crippen LogP contribution < -0.4 is 4.72 Å². The van der Waals surface area contributed by atoms with Gasteiger partial charge in [-0.05, 0) is 48.4 Å². The fraction of sp³-hybridized carbons (Fsp3) is 0.304. The minimum Gasteiger partial charge on any atom is -0.299 e. The minimum atomic E-state index is -3.50. The van der Waals surface area contributed by atoms with Gasteiger partial charge in [0.1, 0.15) is 0 Å². The van der Waals surface area contributed by atoms with Crippen molar-refractivity contribution in [2.24, 2.45) is 0 Å². The first kappa shape index (κ1) is 21.8. The van der Waals surface area contributed by atoms with E-state index in [2.05, 4.69) is 33.9 Å². The third-order valence-corrected chi connectivity index (χ3v) is 6.96. The molecule has 6 heteroatoms. The van der Waals surface area contributed by atoms with Gasteiger partial charge in [0, 0.05) is 25.0 Å². The van der Waals surface area contributed by atoms with Crippen molar-refractivity contribution >= 4 is 33.2 Å². The van der Waals surface area contributed by atoms with Gasteiger partial charge in [-0.1, -0.05) is 60.7 Å². The molecule has 1 aliphatic rings. The topological polar surface area (TPSA) is 49.4 Å². The molecular formula is C23H27ClN2O2S. The van der Waals surface area contributed by atoms with E-state index in [1.165, 1.54) is 11.1 Å². The summed E-state index contributed by atoms with van der Waals surface area (Å²) in [5.41, 5.74) is 2.88. The van der Waals surface area contributed by atoms with E-state index in [9.17, 15) is 8.42 Å². The molecule has 0 amide bonds. The van der Waals surface area contributed by atoms with E-state index in [1.54, 1.807) is 12.1 Å². The van der Waals surface area contributed by atoms with Gasteiger partial charge in [-0.2, -0.15) is 0 Å². The molecular weight excluding hydrogens is 404 g/mol. The van der Waals surface area contributed by atoms with Crippen LogP contribution in [0.1, 0.15) is 24.0 Å². The zero-order chi connectivity index (χ0) is 19.4. The second-order valence-corrected chi connectivity index (χ2v) is 9.11. The van der Waals surface area contributed by atoms with Crippen LogP contribution in [0.15, 0.2) is 71.6 Å². The van der Waals surface area contributed by atoms with E-state index in [1.807, 2.05) is 30.3 Å². The number of hydrogen-bond donors (Lipinski definition) is 1. The molecule has 0 aromatic heterocycles. The highest BCUT2D eigenvalue weighted by Crippen LogP contribution is 2.22. The van der Waals surface area contributed by atoms with Gasteiger partial charge >= 0.3 is 0 Å². The van der Waals surface area contributed by atoms with E-state index in [4.69, 9.17) is 0 Å². The molecule has 0 atom stereocenters. The lowest BCUT2D eigenvalue weighted by Crippen LogP contribution is -2.32. The number of halogens is 1. The Bertz CT molecular complexity index is 1060. The number of nitrogens with zero attached hydrogens (tertiary/aromatic N) is 1. The van der Waals surface area contributed by atoms with Crippen LogP contribution in [-0.2, 0) is 23.0 Å². The van der Waals surface area contributed by atoms with Gasteiger partial charge in [-0.15, -0.1) is 12.4 Å². The fourth-order valence-electron chi connectivity index (χ4n) is 3.92. The number of rotatable bonds is 7. The second-order valence-electron chi connectivity index (χ2n) is 7.38. The van der Waals surface area contributed by atoms with Gasteiger partial charge in [0.25, 0.3) is 0 Å². The minimum absolute atomic E-state index is 0. The first-order valence-electron chi connectivity index (χ1n) is 9.90. The molecule has 1 N–H and O–H groups in total. The second kappa shape index (κ2) is 9.72. The Kier molecular flexibility index (Phi) is 7.30. The van der Waals surface area contributed by atoms with E-state index in [0.29, 0.717) is 11.4 Å². The normalized spacial score (nSPS) is 14.3. The molecule has 0 fully saturated rings. The van der Waals surface area contributed by atoms with Gasteiger partial charge < -0.3 is 0 Å². The van der Waals surface area contributed by atoms with Crippen molar-refractivity contribution in [1.82, 2.24) is 9.62 Å². The maximum Gasteiger partial charge on any atom is 0.241 e. The van der Waals surface area contributed by atoms with E-state index in [-0.39, 0.29) is 12.4 Å². The summed E-state index contributed by atoms with van der Waals surface area (Å²) in [6.07, 6.45) is 2.92. The summed E-state index contributed by atoms with van der Waals surface area (Å²) in [5.74, 6) is 0. The van der Waals surface area contributed by atoms with Crippen LogP contribution >= 0.6 is 12.4 Å². The van der Waals surface area contributed by atoms with E-state index >= 15 is 0 Å². The van der Waals surface area contributed by atoms with E-state index < -0.39 is 10.0 Å². The van der Waals surface area contributed by atoms with Gasteiger partial charge in [0.2, 0.25) is 10.0 Å². The summed E-state index contributed by atoms with van der Waals surface area (Å²) in [4.78, 5) is 2.82. The maximum atomic E-state index is 12.7. The highest BCUT2D eigenvalue weighted by molar-refractivity contribution is 7.89. The first-order chi connectivity index (χ1) is 13.6. The number of sulfonamides is 1. The average Bonchev–Trinajstić information content (AvgIpc) is 2.73. The number of fused-ring (bicyclic) bond motifs is 2. The smallest absolute Gasteiger partial charge is 0.241 e. The third kappa shape index (κ3) is 5.17. The number of unbranched alkanes of at least 4 members (excludes halogenated alkanes) is 1. The van der Waals surface area contributed by atoms with Crippen molar-refractivity contribution in [2.45, 2.75) is 30.7 Å². The van der Waals surface area contributed by atoms with Crippen LogP contribution in [0.25, 0.3) is 10.8 Å². The maximum absolute atomic E-state index is 12.7. The fourth-order valence-corrected chi connectivity index (χ4v) is 5.22. The van der Waals surface area contributed by atoms with Crippen molar-refractivity contribution in [3.8, 4) is 0 Å². The highest BCUT2D eigenvalue weighted by Gasteiger charge is 2.17. The van der Waals surface area contributed by atoms with Crippen LogP contribution in [0.2, 0.25) is 0 Å². The molecule has 154 valence electrons. The zero-order valence-corrected chi connectivity index (χ0v) is 18.0. The van der Waals surface area contributed by atoms with Crippen LogP contribution in [0.4, 0.5) is 0 Å². The average molecular weight is 431 g/mol. The highest BCUT2D eigenvalue weighted by atomic mass is 35.5. The molecule has 4 rings (SSSR count). The molecule has 0 spiro atoms. The van der Waals surface area contributed by atoms with Gasteiger partial charge in [-0.25, -0.2) is 13.1 Å². The van der Waals surface area contributed by atoms with Gasteiger partial charge in [-0.3, -0.25) is 4.90 Å². The molecule has 4 nitrogen and oxygen atoms in total. The number of nitrogens with one attached hydrogen (secondary N) is 1. The summed E-state index contributed by atoms with van der Waals surface area (Å²) in [7, 11) is -3.50. The van der Waals surface area contributed by atoms with Crippen molar-refractivity contribution in [3.63, 3.8) is 0 Å². The Hall–Kier alpha value is -1.92. The third-order valence-electron chi connectivity index (χ3n) is 5.44. The van der Waals surface area contributed by atoms with Crippen molar-refractivity contribution in [1.29, 1.82) is 0 Å². The Balaban J connectivity index is 0.00000240. The van der Waals surface area contributed by atoms with Crippen LogP contribution in [0.5, 0.6) is 0 Å². The molecule has 0 bridgehead atoms. The lowest BCUT2D eigenvalue weighted by molar-refractivity contribution is 0.249. The molecule has 0 aliphatic carbocycles. The number of hydrogen-bond acceptors (Lipinski definition) is 3. The van der Waals surface area contributed by atoms with Crippen LogP contribution in [-0.4, -0.2) is 33.0 Å². The zero-order valence-electron chi connectivity index (χ0n) is 16.4. The molecule has 29 heavy (non-hydrogen) atoms. The summed E-state index contributed by atoms with van der Waals surface area (Å²) in [6, 6.07) is 21.6. The SMILES string of the molecule is Cl.O=S(=O)(NCCCCN1CCc2ccccc2C1)c1cccc2ccccc12. The Morgan fingerprint density at radius 3 is 2.45 bits per heavy atom. The lowest BCUT2D eigenvalue weighted by Gasteiger charge is -2.28. The van der Waals surface area contributed by atoms with Crippen molar-refractivity contribution in [3.05, 3.63) is 77.9 Å². The predicted molar refractivity (Wildman–Crippen MR) is 121 cm³/mol. The molecule has 3 aromatic carbocycles. The molecule has 0 radical (unpaired) electrons. The Morgan fingerprint density at radius 2 is 1.59 bits per heavy atom. The summed E-state index contributed by atoms with van der Waals surface area (Å²) < 4.78 is 28.2. The lowest BCUT2D eigenvalue weighted by atomic mass is 10.00. The molecule has 0 unspecified atom stereocenters. The molecule has 1 aliphatic heterocycles. The summed E-state index contributed by atoms with van der Waals surface area (Å²) in [5, 5.41) is 1.71.